The average Bonchev–Trinajstić information content (AvgIpc) is 3.36. The van der Waals surface area contributed by atoms with E-state index in [1.807, 2.05) is 91.0 Å². The Bertz CT molecular complexity index is 3330. The topological polar surface area (TPSA) is 77.3 Å². The molecule has 0 spiro atoms. The van der Waals surface area contributed by atoms with Crippen LogP contribution < -0.4 is 0 Å². The molecule has 0 radical (unpaired) electrons. The second-order valence-electron chi connectivity index (χ2n) is 15.2. The maximum atomic E-state index is 5.11. The maximum absolute atomic E-state index is 5.11. The number of fused-ring (bicyclic) bond motifs is 2. The van der Waals surface area contributed by atoms with Crippen LogP contribution in [0.5, 0.6) is 0 Å². The molecule has 62 heavy (non-hydrogen) atoms. The third kappa shape index (κ3) is 7.27. The summed E-state index contributed by atoms with van der Waals surface area (Å²) in [5, 5.41) is 4.56. The highest BCUT2D eigenvalue weighted by atomic mass is 15.0. The van der Waals surface area contributed by atoms with Crippen LogP contribution in [0.3, 0.4) is 0 Å². The molecule has 0 saturated carbocycles. The van der Waals surface area contributed by atoms with Crippen LogP contribution in [-0.4, -0.2) is 29.9 Å². The van der Waals surface area contributed by atoms with Crippen molar-refractivity contribution in [1.82, 2.24) is 29.9 Å². The maximum Gasteiger partial charge on any atom is 0.164 e. The van der Waals surface area contributed by atoms with Crippen LogP contribution >= 0.6 is 0 Å². The molecule has 0 bridgehead atoms. The zero-order valence-corrected chi connectivity index (χ0v) is 33.5. The Morgan fingerprint density at radius 2 is 0.565 bits per heavy atom. The van der Waals surface area contributed by atoms with Gasteiger partial charge in [0, 0.05) is 33.4 Å². The molecule has 290 valence electrons. The summed E-state index contributed by atoms with van der Waals surface area (Å²) in [6.45, 7) is 0. The third-order valence-electron chi connectivity index (χ3n) is 11.2. The Kier molecular flexibility index (Phi) is 9.41. The van der Waals surface area contributed by atoms with Gasteiger partial charge in [0.05, 0.1) is 0 Å². The van der Waals surface area contributed by atoms with Crippen molar-refractivity contribution in [2.24, 2.45) is 0 Å². The lowest BCUT2D eigenvalue weighted by atomic mass is 9.96. The largest absolute Gasteiger partial charge is 0.208 e. The molecule has 0 unspecified atom stereocenters. The fourth-order valence-corrected chi connectivity index (χ4v) is 7.96. The number of nitrogens with zero attached hydrogens (tertiary/aromatic N) is 6. The van der Waals surface area contributed by atoms with Crippen molar-refractivity contribution in [3.05, 3.63) is 218 Å². The van der Waals surface area contributed by atoms with E-state index >= 15 is 0 Å². The van der Waals surface area contributed by atoms with Crippen molar-refractivity contribution in [2.45, 2.75) is 0 Å². The van der Waals surface area contributed by atoms with Crippen molar-refractivity contribution in [1.29, 1.82) is 0 Å². The molecule has 0 atom stereocenters. The van der Waals surface area contributed by atoms with Gasteiger partial charge in [0.25, 0.3) is 0 Å². The lowest BCUT2D eigenvalue weighted by Crippen LogP contribution is -2.00. The summed E-state index contributed by atoms with van der Waals surface area (Å²) in [5.74, 6) is 3.82. The summed E-state index contributed by atoms with van der Waals surface area (Å²) in [4.78, 5) is 29.9. The highest BCUT2D eigenvalue weighted by molar-refractivity contribution is 5.96. The van der Waals surface area contributed by atoms with Crippen LogP contribution in [0.2, 0.25) is 0 Å². The molecule has 11 rings (SSSR count). The van der Waals surface area contributed by atoms with Crippen molar-refractivity contribution in [2.75, 3.05) is 0 Å². The van der Waals surface area contributed by atoms with Crippen LogP contribution in [0, 0.1) is 0 Å². The van der Waals surface area contributed by atoms with E-state index in [9.17, 15) is 0 Å². The van der Waals surface area contributed by atoms with Crippen LogP contribution in [0.1, 0.15) is 0 Å². The van der Waals surface area contributed by atoms with Crippen LogP contribution in [-0.2, 0) is 0 Å². The number of rotatable bonds is 8. The molecule has 2 heterocycles. The molecule has 0 aliphatic rings. The lowest BCUT2D eigenvalue weighted by Gasteiger charge is -2.11. The Hall–Kier alpha value is -8.48. The quantitative estimate of drug-likeness (QED) is 0.152. The summed E-state index contributed by atoms with van der Waals surface area (Å²) >= 11 is 0. The Labute approximate surface area is 359 Å². The fraction of sp³-hybridized carbons (Fsp3) is 0. The van der Waals surface area contributed by atoms with Gasteiger partial charge in [-0.3, -0.25) is 0 Å². The molecule has 0 amide bonds. The Balaban J connectivity index is 0.927. The van der Waals surface area contributed by atoms with Gasteiger partial charge in [-0.15, -0.1) is 0 Å². The zero-order valence-electron chi connectivity index (χ0n) is 33.5. The standard InChI is InChI=1S/C56H36N6/c1-4-15-40(16-5-1)51-57-52(41-17-6-2-7-18-41)59-54(58-51)43-30-26-37(27-31-43)45-32-28-38-29-33-46(36-48(38)35-45)44-22-12-23-47(34-44)55-60-53(42-19-8-3-9-20-42)61-56(62-55)50-25-13-21-39-14-10-11-24-49(39)50/h1-36H. The summed E-state index contributed by atoms with van der Waals surface area (Å²) < 4.78 is 0. The molecule has 9 aromatic carbocycles. The zero-order chi connectivity index (χ0) is 41.2. The second kappa shape index (κ2) is 15.9. The minimum absolute atomic E-state index is 0.625. The van der Waals surface area contributed by atoms with E-state index in [1.165, 1.54) is 5.39 Å². The number of hydrogen-bond donors (Lipinski definition) is 0. The predicted octanol–water partition coefficient (Wildman–Crippen LogP) is 13.7. The first-order chi connectivity index (χ1) is 30.7. The lowest BCUT2D eigenvalue weighted by molar-refractivity contribution is 1.07. The molecule has 0 aliphatic heterocycles. The van der Waals surface area contributed by atoms with Gasteiger partial charge in [-0.1, -0.05) is 200 Å². The number of hydrogen-bond acceptors (Lipinski definition) is 6. The van der Waals surface area contributed by atoms with Crippen LogP contribution in [0.4, 0.5) is 0 Å². The molecule has 0 fully saturated rings. The smallest absolute Gasteiger partial charge is 0.164 e. The Morgan fingerprint density at radius 1 is 0.194 bits per heavy atom. The fourth-order valence-electron chi connectivity index (χ4n) is 7.96. The SMILES string of the molecule is c1ccc(-c2nc(-c3ccccc3)nc(-c3ccc(-c4ccc5ccc(-c6cccc(-c7nc(-c8ccccc8)nc(-c8cccc9ccccc89)n7)c6)cc5c4)cc3)n2)cc1. The highest BCUT2D eigenvalue weighted by Crippen LogP contribution is 2.34. The molecule has 0 N–H and O–H groups in total. The van der Waals surface area contributed by atoms with Gasteiger partial charge >= 0.3 is 0 Å². The van der Waals surface area contributed by atoms with Crippen molar-refractivity contribution < 1.29 is 0 Å². The van der Waals surface area contributed by atoms with Crippen molar-refractivity contribution in [3.8, 4) is 90.6 Å². The summed E-state index contributed by atoms with van der Waals surface area (Å²) in [5.41, 5.74) is 10.1. The van der Waals surface area contributed by atoms with E-state index in [0.717, 1.165) is 71.8 Å². The van der Waals surface area contributed by atoms with E-state index in [0.29, 0.717) is 34.9 Å². The van der Waals surface area contributed by atoms with Crippen LogP contribution in [0.15, 0.2) is 218 Å². The predicted molar refractivity (Wildman–Crippen MR) is 252 cm³/mol. The second-order valence-corrected chi connectivity index (χ2v) is 15.2. The molecule has 0 aliphatic carbocycles. The van der Waals surface area contributed by atoms with Gasteiger partial charge in [0.1, 0.15) is 0 Å². The molecule has 2 aromatic heterocycles. The van der Waals surface area contributed by atoms with E-state index < -0.39 is 0 Å². The van der Waals surface area contributed by atoms with Gasteiger partial charge < -0.3 is 0 Å². The first kappa shape index (κ1) is 36.6. The molecule has 6 nitrogen and oxygen atoms in total. The average molecular weight is 793 g/mol. The van der Waals surface area contributed by atoms with E-state index in [-0.39, 0.29) is 0 Å². The molecular formula is C56H36N6. The number of benzene rings is 9. The van der Waals surface area contributed by atoms with E-state index in [2.05, 4.69) is 127 Å². The van der Waals surface area contributed by atoms with Gasteiger partial charge in [0.2, 0.25) is 0 Å². The minimum Gasteiger partial charge on any atom is -0.208 e. The molecular weight excluding hydrogens is 757 g/mol. The summed E-state index contributed by atoms with van der Waals surface area (Å²) in [6.07, 6.45) is 0. The van der Waals surface area contributed by atoms with Crippen LogP contribution in [0.25, 0.3) is 112 Å². The Morgan fingerprint density at radius 3 is 1.15 bits per heavy atom. The summed E-state index contributed by atoms with van der Waals surface area (Å²) in [6, 6.07) is 75.0. The minimum atomic E-state index is 0.625. The normalized spacial score (nSPS) is 11.2. The first-order valence-electron chi connectivity index (χ1n) is 20.6. The first-order valence-corrected chi connectivity index (χ1v) is 20.6. The monoisotopic (exact) mass is 792 g/mol. The van der Waals surface area contributed by atoms with E-state index in [1.54, 1.807) is 0 Å². The number of aromatic nitrogens is 6. The van der Waals surface area contributed by atoms with E-state index in [4.69, 9.17) is 29.9 Å². The molecule has 6 heteroatoms. The van der Waals surface area contributed by atoms with Gasteiger partial charge in [0.15, 0.2) is 34.9 Å². The van der Waals surface area contributed by atoms with Gasteiger partial charge in [-0.2, -0.15) is 0 Å². The summed E-state index contributed by atoms with van der Waals surface area (Å²) in [7, 11) is 0. The van der Waals surface area contributed by atoms with Gasteiger partial charge in [-0.05, 0) is 62.0 Å². The molecule has 0 saturated heterocycles. The van der Waals surface area contributed by atoms with Gasteiger partial charge in [-0.25, -0.2) is 29.9 Å². The third-order valence-corrected chi connectivity index (χ3v) is 11.2. The van der Waals surface area contributed by atoms with Crippen molar-refractivity contribution in [3.63, 3.8) is 0 Å². The van der Waals surface area contributed by atoms with Crippen molar-refractivity contribution >= 4 is 21.5 Å². The molecule has 11 aromatic rings. The highest BCUT2D eigenvalue weighted by Gasteiger charge is 2.16.